The molecular formula is C22H25Mn3N2O8-3. The van der Waals surface area contributed by atoms with Gasteiger partial charge in [-0.15, -0.1) is 0 Å². The molecule has 0 N–H and O–H groups in total. The second-order valence-electron chi connectivity index (χ2n) is 6.05. The van der Waals surface area contributed by atoms with Crippen molar-refractivity contribution in [3.05, 3.63) is 35.4 Å². The third kappa shape index (κ3) is 12.8. The van der Waals surface area contributed by atoms with Crippen LogP contribution < -0.4 is 34.3 Å². The predicted octanol–water partition coefficient (Wildman–Crippen LogP) is 0.155. The minimum Gasteiger partial charge on any atom is -0.872 e. The molecule has 0 saturated heterocycles. The van der Waals surface area contributed by atoms with Crippen molar-refractivity contribution in [1.29, 1.82) is 0 Å². The number of benzene rings is 2. The molecule has 0 spiro atoms. The summed E-state index contributed by atoms with van der Waals surface area (Å²) in [7, 11) is 5.90. The van der Waals surface area contributed by atoms with E-state index < -0.39 is 5.97 Å². The van der Waals surface area contributed by atoms with E-state index in [9.17, 15) is 10.2 Å². The summed E-state index contributed by atoms with van der Waals surface area (Å²) >= 11 is 0. The Labute approximate surface area is 236 Å². The zero-order valence-electron chi connectivity index (χ0n) is 19.7. The van der Waals surface area contributed by atoms with Gasteiger partial charge in [0.15, 0.2) is 0 Å². The van der Waals surface area contributed by atoms with Crippen molar-refractivity contribution >= 4 is 18.4 Å². The Kier molecular flexibility index (Phi) is 21.1. The summed E-state index contributed by atoms with van der Waals surface area (Å²) in [6, 6.07) is 5.97. The molecule has 0 fully saturated rings. The summed E-state index contributed by atoms with van der Waals surface area (Å²) in [6.07, 6.45) is 2.90. The minimum absolute atomic E-state index is 0. The number of carbonyl (C=O) groups excluding carboxylic acids is 1. The molecule has 195 valence electrons. The Balaban J connectivity index is -0.00000136. The molecule has 2 rings (SSSR count). The molecule has 10 nitrogen and oxygen atoms in total. The number of carbonyl (C=O) groups is 1. The fraction of sp³-hybridized carbons (Fsp3) is 0.318. The van der Waals surface area contributed by atoms with Crippen LogP contribution in [0.1, 0.15) is 18.1 Å². The monoisotopic (exact) mass is 610 g/mol. The fourth-order valence-corrected chi connectivity index (χ4v) is 2.41. The number of rotatable bonds is 9. The number of aliphatic imine (C=N–C) groups is 2. The van der Waals surface area contributed by atoms with Gasteiger partial charge in [-0.25, -0.2) is 0 Å². The van der Waals surface area contributed by atoms with Crippen LogP contribution in [-0.2, 0) is 56.0 Å². The van der Waals surface area contributed by atoms with Crippen LogP contribution in [0.5, 0.6) is 34.5 Å². The van der Waals surface area contributed by atoms with Gasteiger partial charge < -0.3 is 39.1 Å². The van der Waals surface area contributed by atoms with Crippen LogP contribution in [0.3, 0.4) is 0 Å². The second-order valence-corrected chi connectivity index (χ2v) is 6.05. The molecule has 0 amide bonds. The molecule has 0 saturated carbocycles. The molecular weight excluding hydrogens is 585 g/mol. The largest absolute Gasteiger partial charge is 0.872 e. The SMILES string of the molecule is CC(=O)[O-].COc1cc([O-])c(C=NCCN=Cc2c([O-])cc(OC)cc2OC)c(OC)c1.[Mn].[Mn].[Mn]. The van der Waals surface area contributed by atoms with Gasteiger partial charge in [0.25, 0.3) is 0 Å². The van der Waals surface area contributed by atoms with Crippen molar-refractivity contribution in [2.45, 2.75) is 6.92 Å². The van der Waals surface area contributed by atoms with Crippen LogP contribution in [0.25, 0.3) is 0 Å². The van der Waals surface area contributed by atoms with Gasteiger partial charge >= 0.3 is 0 Å². The first-order chi connectivity index (χ1) is 15.3. The zero-order valence-corrected chi connectivity index (χ0v) is 23.2. The first-order valence-electron chi connectivity index (χ1n) is 9.30. The summed E-state index contributed by atoms with van der Waals surface area (Å²) in [4.78, 5) is 17.3. The maximum absolute atomic E-state index is 12.1. The average Bonchev–Trinajstić information content (AvgIpc) is 2.76. The second kappa shape index (κ2) is 19.9. The van der Waals surface area contributed by atoms with Crippen molar-refractivity contribution in [3.63, 3.8) is 0 Å². The number of ether oxygens (including phenoxy) is 4. The molecule has 0 unspecified atom stereocenters. The van der Waals surface area contributed by atoms with E-state index in [-0.39, 0.29) is 62.7 Å². The summed E-state index contributed by atoms with van der Waals surface area (Å²) in [5, 5.41) is 33.1. The number of hydrogen-bond donors (Lipinski definition) is 0. The van der Waals surface area contributed by atoms with Gasteiger partial charge in [0, 0.05) is 92.9 Å². The van der Waals surface area contributed by atoms with Crippen LogP contribution in [-0.4, -0.2) is 59.9 Å². The van der Waals surface area contributed by atoms with E-state index in [1.54, 1.807) is 12.1 Å². The van der Waals surface area contributed by atoms with Gasteiger partial charge in [-0.1, -0.05) is 11.5 Å². The first kappa shape index (κ1) is 37.2. The van der Waals surface area contributed by atoms with Crippen molar-refractivity contribution in [3.8, 4) is 34.5 Å². The van der Waals surface area contributed by atoms with Crippen molar-refractivity contribution in [2.24, 2.45) is 9.98 Å². The predicted molar refractivity (Wildman–Crippen MR) is 114 cm³/mol. The van der Waals surface area contributed by atoms with Crippen molar-refractivity contribution < 1.29 is 90.3 Å². The van der Waals surface area contributed by atoms with E-state index in [2.05, 4.69) is 9.98 Å². The van der Waals surface area contributed by atoms with Crippen molar-refractivity contribution in [1.82, 2.24) is 0 Å². The van der Waals surface area contributed by atoms with E-state index >= 15 is 0 Å². The number of hydrogen-bond acceptors (Lipinski definition) is 10. The topological polar surface area (TPSA) is 148 Å². The summed E-state index contributed by atoms with van der Waals surface area (Å²) in [6.45, 7) is 1.63. The Bertz CT molecular complexity index is 897. The summed E-state index contributed by atoms with van der Waals surface area (Å²) in [5.41, 5.74) is 0.678. The summed E-state index contributed by atoms with van der Waals surface area (Å²) in [5.74, 6) is 0.0341. The van der Waals surface area contributed by atoms with Crippen LogP contribution in [0.15, 0.2) is 34.3 Å². The normalized spacial score (nSPS) is 9.63. The van der Waals surface area contributed by atoms with Crippen LogP contribution >= 0.6 is 0 Å². The zero-order chi connectivity index (χ0) is 24.1. The molecule has 0 atom stereocenters. The number of methoxy groups -OCH3 is 4. The number of carboxylic acid groups (broad SMARTS) is 1. The summed E-state index contributed by atoms with van der Waals surface area (Å²) < 4.78 is 20.5. The molecule has 0 aromatic heterocycles. The van der Waals surface area contributed by atoms with Gasteiger partial charge in [-0.2, -0.15) is 0 Å². The maximum atomic E-state index is 12.1. The van der Waals surface area contributed by atoms with E-state index in [0.717, 1.165) is 6.92 Å². The maximum Gasteiger partial charge on any atom is 0.130 e. The Morgan fingerprint density at radius 1 is 0.743 bits per heavy atom. The van der Waals surface area contributed by atoms with Gasteiger partial charge in [-0.05, 0) is 19.1 Å². The average molecular weight is 610 g/mol. The van der Waals surface area contributed by atoms with E-state index in [1.807, 2.05) is 0 Å². The van der Waals surface area contributed by atoms with E-state index in [4.69, 9.17) is 28.8 Å². The van der Waals surface area contributed by atoms with Gasteiger partial charge in [0.1, 0.15) is 23.0 Å². The van der Waals surface area contributed by atoms with Crippen LogP contribution in [0, 0.1) is 0 Å². The molecule has 2 aromatic rings. The molecule has 0 heterocycles. The standard InChI is InChI=1S/C20H24N2O6.C2H4O2.3Mn/c1-25-13-7-17(23)15(19(9-13)27-3)11-21-5-6-22-12-16-18(24)8-14(26-2)10-20(16)28-4;1-2(3)4;;;/h7-12,23-24H,5-6H2,1-4H3;1H3,(H,3,4);;;/p-3. The first-order valence-corrected chi connectivity index (χ1v) is 9.30. The minimum atomic E-state index is -1.08. The molecule has 0 aliphatic carbocycles. The third-order valence-corrected chi connectivity index (χ3v) is 3.87. The van der Waals surface area contributed by atoms with Gasteiger partial charge in [-0.3, -0.25) is 9.98 Å². The number of carboxylic acids is 1. The molecule has 0 aliphatic rings. The molecule has 35 heavy (non-hydrogen) atoms. The molecule has 2 aromatic carbocycles. The van der Waals surface area contributed by atoms with Crippen LogP contribution in [0.2, 0.25) is 0 Å². The molecule has 13 heteroatoms. The van der Waals surface area contributed by atoms with E-state index in [1.165, 1.54) is 53.0 Å². The Morgan fingerprint density at radius 2 is 1.06 bits per heavy atom. The number of aliphatic carboxylic acids is 1. The smallest absolute Gasteiger partial charge is 0.130 e. The van der Waals surface area contributed by atoms with Crippen molar-refractivity contribution in [2.75, 3.05) is 41.5 Å². The third-order valence-electron chi connectivity index (χ3n) is 3.87. The Morgan fingerprint density at radius 3 is 1.31 bits per heavy atom. The molecule has 0 aliphatic heterocycles. The fourth-order valence-electron chi connectivity index (χ4n) is 2.41. The number of nitrogens with zero attached hydrogens (tertiary/aromatic N) is 2. The van der Waals surface area contributed by atoms with Crippen LogP contribution in [0.4, 0.5) is 0 Å². The Hall–Kier alpha value is -2.39. The van der Waals surface area contributed by atoms with Gasteiger partial charge in [0.05, 0.1) is 41.5 Å². The molecule has 0 bridgehead atoms. The quantitative estimate of drug-likeness (QED) is 0.222. The van der Waals surface area contributed by atoms with E-state index in [0.29, 0.717) is 47.2 Å². The van der Waals surface area contributed by atoms with Gasteiger partial charge in [0.2, 0.25) is 0 Å². The molecule has 3 radical (unpaired) electrons.